The molecule has 0 saturated carbocycles. The van der Waals surface area contributed by atoms with Crippen LogP contribution in [0.3, 0.4) is 0 Å². The zero-order valence-electron chi connectivity index (χ0n) is 12.7. The van der Waals surface area contributed by atoms with Crippen molar-refractivity contribution in [2.45, 2.75) is 26.7 Å². The predicted molar refractivity (Wildman–Crippen MR) is 91.7 cm³/mol. The molecule has 0 atom stereocenters. The third-order valence-corrected chi connectivity index (χ3v) is 5.46. The number of benzene rings is 1. The number of piperidine rings is 1. The van der Waals surface area contributed by atoms with Gasteiger partial charge in [-0.05, 0) is 41.8 Å². The lowest BCUT2D eigenvalue weighted by Gasteiger charge is -2.34. The van der Waals surface area contributed by atoms with E-state index < -0.39 is 0 Å². The predicted octanol–water partition coefficient (Wildman–Crippen LogP) is 4.26. The number of rotatable bonds is 3. The summed E-state index contributed by atoms with van der Waals surface area (Å²) in [6.07, 6.45) is 2.54. The largest absolute Gasteiger partial charge is 0.382 e. The van der Waals surface area contributed by atoms with Gasteiger partial charge in [0.05, 0.1) is 5.56 Å². The van der Waals surface area contributed by atoms with E-state index in [1.165, 1.54) is 34.9 Å². The molecule has 0 radical (unpaired) electrons. The van der Waals surface area contributed by atoms with Crippen molar-refractivity contribution in [2.75, 3.05) is 23.7 Å². The summed E-state index contributed by atoms with van der Waals surface area (Å²) in [6, 6.07) is 10.4. The van der Waals surface area contributed by atoms with E-state index in [-0.39, 0.29) is 0 Å². The maximum absolute atomic E-state index is 6.13. The zero-order valence-corrected chi connectivity index (χ0v) is 13.6. The second-order valence-electron chi connectivity index (χ2n) is 6.18. The first-order chi connectivity index (χ1) is 10.2. The summed E-state index contributed by atoms with van der Waals surface area (Å²) < 4.78 is 4.40. The summed E-state index contributed by atoms with van der Waals surface area (Å²) in [5.74, 6) is 2.30. The Morgan fingerprint density at radius 3 is 2.48 bits per heavy atom. The van der Waals surface area contributed by atoms with Gasteiger partial charge in [-0.1, -0.05) is 44.2 Å². The van der Waals surface area contributed by atoms with Gasteiger partial charge in [-0.15, -0.1) is 0 Å². The minimum Gasteiger partial charge on any atom is -0.382 e. The Bertz CT molecular complexity index is 583. The third-order valence-electron chi connectivity index (χ3n) is 4.53. The van der Waals surface area contributed by atoms with Crippen molar-refractivity contribution < 1.29 is 0 Å². The molecule has 112 valence electrons. The highest BCUT2D eigenvalue weighted by atomic mass is 32.1. The van der Waals surface area contributed by atoms with E-state index in [1.807, 2.05) is 6.07 Å². The highest BCUT2D eigenvalue weighted by Crippen LogP contribution is 2.41. The van der Waals surface area contributed by atoms with Crippen LogP contribution in [0.5, 0.6) is 0 Å². The molecular formula is C17H23N3S. The normalized spacial score (nSPS) is 16.6. The zero-order chi connectivity index (χ0) is 14.8. The van der Waals surface area contributed by atoms with Crippen LogP contribution >= 0.6 is 11.5 Å². The van der Waals surface area contributed by atoms with Gasteiger partial charge in [0.2, 0.25) is 0 Å². The van der Waals surface area contributed by atoms with Gasteiger partial charge in [0, 0.05) is 13.1 Å². The molecule has 21 heavy (non-hydrogen) atoms. The molecular weight excluding hydrogens is 278 g/mol. The third kappa shape index (κ3) is 2.91. The van der Waals surface area contributed by atoms with Gasteiger partial charge in [-0.3, -0.25) is 0 Å². The van der Waals surface area contributed by atoms with E-state index in [4.69, 9.17) is 5.73 Å². The van der Waals surface area contributed by atoms with Crippen molar-refractivity contribution >= 4 is 22.4 Å². The van der Waals surface area contributed by atoms with Crippen molar-refractivity contribution in [3.8, 4) is 11.1 Å². The smallest absolute Gasteiger partial charge is 0.147 e. The van der Waals surface area contributed by atoms with Gasteiger partial charge in [0.1, 0.15) is 10.8 Å². The molecule has 0 amide bonds. The summed E-state index contributed by atoms with van der Waals surface area (Å²) in [7, 11) is 0. The Morgan fingerprint density at radius 1 is 1.19 bits per heavy atom. The molecule has 1 fully saturated rings. The lowest BCUT2D eigenvalue weighted by atomic mass is 9.87. The fraction of sp³-hybridized carbons (Fsp3) is 0.471. The summed E-state index contributed by atoms with van der Waals surface area (Å²) in [4.78, 5) is 2.47. The van der Waals surface area contributed by atoms with Crippen LogP contribution in [-0.2, 0) is 0 Å². The van der Waals surface area contributed by atoms with Crippen LogP contribution in [0, 0.1) is 11.8 Å². The Balaban J connectivity index is 1.85. The number of hydrogen-bond donors (Lipinski definition) is 1. The van der Waals surface area contributed by atoms with E-state index in [1.54, 1.807) is 0 Å². The number of nitrogens with two attached hydrogens (primary N) is 1. The first-order valence-corrected chi connectivity index (χ1v) is 8.49. The first kappa shape index (κ1) is 14.4. The van der Waals surface area contributed by atoms with Crippen molar-refractivity contribution in [1.29, 1.82) is 0 Å². The van der Waals surface area contributed by atoms with Crippen LogP contribution in [0.4, 0.5) is 10.8 Å². The van der Waals surface area contributed by atoms with E-state index in [2.05, 4.69) is 47.4 Å². The molecule has 0 spiro atoms. The summed E-state index contributed by atoms with van der Waals surface area (Å²) in [5, 5.41) is 1.24. The van der Waals surface area contributed by atoms with E-state index in [0.29, 0.717) is 5.82 Å². The Kier molecular flexibility index (Phi) is 4.15. The van der Waals surface area contributed by atoms with E-state index in [0.717, 1.165) is 30.5 Å². The van der Waals surface area contributed by atoms with Crippen LogP contribution < -0.4 is 10.6 Å². The molecule has 1 aromatic carbocycles. The van der Waals surface area contributed by atoms with Crippen molar-refractivity contribution in [1.82, 2.24) is 4.37 Å². The highest BCUT2D eigenvalue weighted by Gasteiger charge is 2.25. The molecule has 1 aliphatic heterocycles. The fourth-order valence-corrected chi connectivity index (χ4v) is 4.04. The van der Waals surface area contributed by atoms with Gasteiger partial charge in [0.25, 0.3) is 0 Å². The van der Waals surface area contributed by atoms with Gasteiger partial charge in [0.15, 0.2) is 0 Å². The number of hydrogen-bond acceptors (Lipinski definition) is 4. The van der Waals surface area contributed by atoms with E-state index in [9.17, 15) is 0 Å². The number of nitrogens with zero attached hydrogens (tertiary/aromatic N) is 2. The average Bonchev–Trinajstić information content (AvgIpc) is 2.90. The molecule has 3 nitrogen and oxygen atoms in total. The Labute approximate surface area is 131 Å². The van der Waals surface area contributed by atoms with Gasteiger partial charge < -0.3 is 10.6 Å². The molecule has 0 aliphatic carbocycles. The summed E-state index contributed by atoms with van der Waals surface area (Å²) >= 11 is 1.54. The SMILES string of the molecule is CC(C)C1CCN(c2snc(N)c2-c2ccccc2)CC1. The number of aromatic nitrogens is 1. The van der Waals surface area contributed by atoms with Crippen LogP contribution in [0.1, 0.15) is 26.7 Å². The first-order valence-electron chi connectivity index (χ1n) is 7.72. The van der Waals surface area contributed by atoms with Crippen molar-refractivity contribution in [3.05, 3.63) is 30.3 Å². The van der Waals surface area contributed by atoms with Crippen LogP contribution in [0.25, 0.3) is 11.1 Å². The molecule has 3 rings (SSSR count). The van der Waals surface area contributed by atoms with Crippen molar-refractivity contribution in [2.24, 2.45) is 11.8 Å². The minimum absolute atomic E-state index is 0.659. The lowest BCUT2D eigenvalue weighted by Crippen LogP contribution is -2.35. The molecule has 1 aliphatic rings. The second kappa shape index (κ2) is 6.06. The maximum atomic E-state index is 6.13. The quantitative estimate of drug-likeness (QED) is 0.921. The summed E-state index contributed by atoms with van der Waals surface area (Å²) in [5.41, 5.74) is 8.41. The number of anilines is 2. The maximum Gasteiger partial charge on any atom is 0.147 e. The van der Waals surface area contributed by atoms with Gasteiger partial charge in [-0.2, -0.15) is 4.37 Å². The number of nitrogen functional groups attached to an aromatic ring is 1. The molecule has 0 bridgehead atoms. The highest BCUT2D eigenvalue weighted by molar-refractivity contribution is 7.11. The van der Waals surface area contributed by atoms with Crippen LogP contribution in [0.15, 0.2) is 30.3 Å². The Hall–Kier alpha value is -1.55. The van der Waals surface area contributed by atoms with Crippen LogP contribution in [-0.4, -0.2) is 17.5 Å². The summed E-state index contributed by atoms with van der Waals surface area (Å²) in [6.45, 7) is 6.90. The minimum atomic E-state index is 0.659. The molecule has 2 N–H and O–H groups in total. The average molecular weight is 301 g/mol. The van der Waals surface area contributed by atoms with Crippen LogP contribution in [0.2, 0.25) is 0 Å². The molecule has 0 unspecified atom stereocenters. The molecule has 2 heterocycles. The van der Waals surface area contributed by atoms with Gasteiger partial charge >= 0.3 is 0 Å². The fourth-order valence-electron chi connectivity index (χ4n) is 3.15. The Morgan fingerprint density at radius 2 is 1.86 bits per heavy atom. The molecule has 1 aromatic heterocycles. The molecule has 1 saturated heterocycles. The molecule has 2 aromatic rings. The second-order valence-corrected chi connectivity index (χ2v) is 6.93. The topological polar surface area (TPSA) is 42.2 Å². The standard InChI is InChI=1S/C17H23N3S/c1-12(2)13-8-10-20(11-9-13)17-15(16(18)19-21-17)14-6-4-3-5-7-14/h3-7,12-13H,8-11H2,1-2H3,(H2,18,19). The molecule has 4 heteroatoms. The van der Waals surface area contributed by atoms with Crippen molar-refractivity contribution in [3.63, 3.8) is 0 Å². The van der Waals surface area contributed by atoms with Gasteiger partial charge in [-0.25, -0.2) is 0 Å². The monoisotopic (exact) mass is 301 g/mol. The van der Waals surface area contributed by atoms with E-state index >= 15 is 0 Å². The lowest BCUT2D eigenvalue weighted by molar-refractivity contribution is 0.312.